The van der Waals surface area contributed by atoms with Crippen LogP contribution in [0.25, 0.3) is 10.8 Å². The molecule has 0 fully saturated rings. The number of hydrogen-bond acceptors (Lipinski definition) is 6. The topological polar surface area (TPSA) is 84.9 Å². The minimum Gasteiger partial charge on any atom is -0.545 e. The van der Waals surface area contributed by atoms with Crippen molar-refractivity contribution in [2.45, 2.75) is 39.4 Å². The Morgan fingerprint density at radius 2 is 1.74 bits per heavy atom. The SMILES string of the molecule is C=CCOc1cccc(OC(CCCC)Oc2ccc3cc(C(=O)[O-])ccc3c2)c1C(C)=O.[Na+]. The number of carbonyl (C=O) groups excluding carboxylic acids is 2. The molecule has 0 N–H and O–H groups in total. The van der Waals surface area contributed by atoms with E-state index < -0.39 is 12.3 Å². The van der Waals surface area contributed by atoms with E-state index >= 15 is 0 Å². The summed E-state index contributed by atoms with van der Waals surface area (Å²) in [4.78, 5) is 23.5. The van der Waals surface area contributed by atoms with E-state index in [0.29, 0.717) is 29.2 Å². The van der Waals surface area contributed by atoms with Crippen LogP contribution in [0.4, 0.5) is 0 Å². The summed E-state index contributed by atoms with van der Waals surface area (Å²) in [5.41, 5.74) is 0.480. The number of fused-ring (bicyclic) bond motifs is 1. The average Bonchev–Trinajstić information content (AvgIpc) is 2.80. The minimum absolute atomic E-state index is 0. The molecule has 172 valence electrons. The fraction of sp³-hybridized carbons (Fsp3) is 0.259. The fourth-order valence-electron chi connectivity index (χ4n) is 3.46. The predicted molar refractivity (Wildman–Crippen MR) is 125 cm³/mol. The molecule has 0 aliphatic rings. The number of rotatable bonds is 12. The molecule has 1 atom stereocenters. The smallest absolute Gasteiger partial charge is 0.545 e. The third-order valence-electron chi connectivity index (χ3n) is 5.06. The Balaban J connectivity index is 0.00000408. The molecule has 0 saturated carbocycles. The van der Waals surface area contributed by atoms with Crippen molar-refractivity contribution in [3.63, 3.8) is 0 Å². The van der Waals surface area contributed by atoms with Crippen LogP contribution in [-0.2, 0) is 0 Å². The molecule has 3 rings (SSSR count). The van der Waals surface area contributed by atoms with Crippen molar-refractivity contribution in [3.05, 3.63) is 78.4 Å². The van der Waals surface area contributed by atoms with Crippen LogP contribution in [0.2, 0.25) is 0 Å². The average molecular weight is 470 g/mol. The maximum Gasteiger partial charge on any atom is 1.00 e. The maximum atomic E-state index is 12.4. The molecule has 3 aromatic carbocycles. The molecule has 0 aliphatic carbocycles. The number of unbranched alkanes of at least 4 members (excludes halogenated alkanes) is 1. The molecule has 0 bridgehead atoms. The molecule has 7 heteroatoms. The number of ether oxygens (including phenoxy) is 3. The first-order chi connectivity index (χ1) is 15.9. The van der Waals surface area contributed by atoms with Gasteiger partial charge in [0.2, 0.25) is 6.29 Å². The van der Waals surface area contributed by atoms with Gasteiger partial charge >= 0.3 is 29.6 Å². The standard InChI is InChI=1S/C27H28O6.Na/c1-4-6-10-25(33-24-9-7-8-23(31-15-5-2)26(24)18(3)28)32-22-14-13-19-16-21(27(29)30)12-11-20(19)17-22;/h5,7-9,11-14,16-17,25H,2,4,6,10,15H2,1,3H3,(H,29,30);/q;+1/p-1. The molecule has 0 amide bonds. The van der Waals surface area contributed by atoms with Gasteiger partial charge in [0, 0.05) is 6.42 Å². The number of carboxylic acid groups (broad SMARTS) is 1. The van der Waals surface area contributed by atoms with Gasteiger partial charge in [-0.15, -0.1) is 0 Å². The van der Waals surface area contributed by atoms with E-state index in [0.717, 1.165) is 23.6 Å². The predicted octanol–water partition coefficient (Wildman–Crippen LogP) is 1.95. The quantitative estimate of drug-likeness (QED) is 0.174. The fourth-order valence-corrected chi connectivity index (χ4v) is 3.46. The second kappa shape index (κ2) is 13.2. The van der Waals surface area contributed by atoms with E-state index in [-0.39, 0.29) is 47.5 Å². The number of benzene rings is 3. The third-order valence-corrected chi connectivity index (χ3v) is 5.06. The third kappa shape index (κ3) is 7.10. The Morgan fingerprint density at radius 1 is 1.03 bits per heavy atom. The van der Waals surface area contributed by atoms with E-state index in [1.54, 1.807) is 48.5 Å². The number of aromatic carboxylic acids is 1. The van der Waals surface area contributed by atoms with Crippen molar-refractivity contribution in [1.29, 1.82) is 0 Å². The van der Waals surface area contributed by atoms with Gasteiger partial charge in [0.25, 0.3) is 0 Å². The molecule has 0 heterocycles. The van der Waals surface area contributed by atoms with Gasteiger partial charge in [-0.2, -0.15) is 0 Å². The summed E-state index contributed by atoms with van der Waals surface area (Å²) >= 11 is 0. The van der Waals surface area contributed by atoms with Crippen LogP contribution in [0.5, 0.6) is 17.2 Å². The van der Waals surface area contributed by atoms with Gasteiger partial charge < -0.3 is 24.1 Å². The zero-order chi connectivity index (χ0) is 23.8. The van der Waals surface area contributed by atoms with E-state index in [1.807, 2.05) is 6.07 Å². The van der Waals surface area contributed by atoms with Crippen molar-refractivity contribution in [1.82, 2.24) is 0 Å². The van der Waals surface area contributed by atoms with Crippen molar-refractivity contribution in [2.75, 3.05) is 6.61 Å². The van der Waals surface area contributed by atoms with Gasteiger partial charge in [-0.25, -0.2) is 0 Å². The molecule has 3 aromatic rings. The number of hydrogen-bond donors (Lipinski definition) is 0. The molecule has 0 aliphatic heterocycles. The van der Waals surface area contributed by atoms with Crippen LogP contribution in [0, 0.1) is 0 Å². The van der Waals surface area contributed by atoms with Crippen LogP contribution in [0.3, 0.4) is 0 Å². The maximum absolute atomic E-state index is 12.4. The summed E-state index contributed by atoms with van der Waals surface area (Å²) < 4.78 is 17.9. The Bertz CT molecular complexity index is 1160. The van der Waals surface area contributed by atoms with E-state index in [1.165, 1.54) is 13.0 Å². The molecule has 6 nitrogen and oxygen atoms in total. The number of Topliss-reactive ketones (excluding diaryl/α,β-unsaturated/α-hetero) is 1. The molecule has 0 radical (unpaired) electrons. The Morgan fingerprint density at radius 3 is 2.41 bits per heavy atom. The zero-order valence-electron chi connectivity index (χ0n) is 19.8. The van der Waals surface area contributed by atoms with Crippen LogP contribution in [0.15, 0.2) is 67.3 Å². The summed E-state index contributed by atoms with van der Waals surface area (Å²) in [5, 5.41) is 12.7. The van der Waals surface area contributed by atoms with Gasteiger partial charge in [0.05, 0.1) is 5.97 Å². The number of carboxylic acids is 1. The van der Waals surface area contributed by atoms with E-state index in [2.05, 4.69) is 13.5 Å². The molecule has 0 saturated heterocycles. The van der Waals surface area contributed by atoms with Gasteiger partial charge in [0.1, 0.15) is 29.4 Å². The molecule has 34 heavy (non-hydrogen) atoms. The summed E-state index contributed by atoms with van der Waals surface area (Å²) in [5.74, 6) is 0.0144. The van der Waals surface area contributed by atoms with E-state index in [4.69, 9.17) is 14.2 Å². The number of ketones is 1. The van der Waals surface area contributed by atoms with Crippen molar-refractivity contribution in [3.8, 4) is 17.2 Å². The Labute approximate surface area is 221 Å². The Hall–Kier alpha value is -2.80. The minimum atomic E-state index is -1.22. The Kier molecular flexibility index (Phi) is 10.6. The van der Waals surface area contributed by atoms with Crippen LogP contribution in [-0.4, -0.2) is 24.6 Å². The largest absolute Gasteiger partial charge is 1.00 e. The monoisotopic (exact) mass is 470 g/mol. The molecule has 0 aromatic heterocycles. The second-order valence-electron chi connectivity index (χ2n) is 7.60. The zero-order valence-corrected chi connectivity index (χ0v) is 21.8. The first kappa shape index (κ1) is 27.4. The van der Waals surface area contributed by atoms with Crippen molar-refractivity contribution < 1.29 is 58.5 Å². The second-order valence-corrected chi connectivity index (χ2v) is 7.60. The first-order valence-electron chi connectivity index (χ1n) is 10.9. The first-order valence-corrected chi connectivity index (χ1v) is 10.9. The molecule has 1 unspecified atom stereocenters. The van der Waals surface area contributed by atoms with E-state index in [9.17, 15) is 14.7 Å². The molecular weight excluding hydrogens is 443 g/mol. The van der Waals surface area contributed by atoms with Gasteiger partial charge in [0.15, 0.2) is 5.78 Å². The van der Waals surface area contributed by atoms with Crippen LogP contribution < -0.4 is 48.9 Å². The van der Waals surface area contributed by atoms with Gasteiger partial charge in [-0.05, 0) is 60.0 Å². The molecule has 0 spiro atoms. The van der Waals surface area contributed by atoms with Gasteiger partial charge in [-0.3, -0.25) is 4.79 Å². The summed E-state index contributed by atoms with van der Waals surface area (Å²) in [6.07, 6.45) is 3.43. The van der Waals surface area contributed by atoms with Crippen molar-refractivity contribution in [2.24, 2.45) is 0 Å². The summed E-state index contributed by atoms with van der Waals surface area (Å²) in [7, 11) is 0. The normalized spacial score (nSPS) is 11.2. The van der Waals surface area contributed by atoms with Crippen molar-refractivity contribution >= 4 is 22.5 Å². The number of carbonyl (C=O) groups is 2. The summed E-state index contributed by atoms with van der Waals surface area (Å²) in [6, 6.07) is 15.4. The van der Waals surface area contributed by atoms with Crippen LogP contribution in [0.1, 0.15) is 53.8 Å². The van der Waals surface area contributed by atoms with Gasteiger partial charge in [-0.1, -0.05) is 50.3 Å². The molecular formula is C27H27NaO6. The van der Waals surface area contributed by atoms with Crippen LogP contribution >= 0.6 is 0 Å². The summed E-state index contributed by atoms with van der Waals surface area (Å²) in [6.45, 7) is 7.46.